The van der Waals surface area contributed by atoms with Crippen LogP contribution in [0, 0.1) is 17.3 Å². The van der Waals surface area contributed by atoms with Gasteiger partial charge in [0.15, 0.2) is 0 Å². The second kappa shape index (κ2) is 2.93. The molecule has 1 N–H and O–H groups in total. The third kappa shape index (κ3) is 1.34. The topological polar surface area (TPSA) is 37.3 Å². The van der Waals surface area contributed by atoms with Crippen molar-refractivity contribution in [2.45, 2.75) is 13.8 Å². The summed E-state index contributed by atoms with van der Waals surface area (Å²) in [5, 5.41) is 9.21. The van der Waals surface area contributed by atoms with E-state index in [0.29, 0.717) is 5.03 Å². The van der Waals surface area contributed by atoms with E-state index >= 15 is 0 Å². The first kappa shape index (κ1) is 9.87. The van der Waals surface area contributed by atoms with E-state index < -0.39 is 5.97 Å². The van der Waals surface area contributed by atoms with Gasteiger partial charge in [-0.3, -0.25) is 4.79 Å². The predicted molar refractivity (Wildman–Crippen MR) is 48.2 cm³/mol. The van der Waals surface area contributed by atoms with Crippen LogP contribution in [0.1, 0.15) is 13.8 Å². The Morgan fingerprint density at radius 2 is 2.00 bits per heavy atom. The maximum Gasteiger partial charge on any atom is 0.307 e. The van der Waals surface area contributed by atoms with Crippen LogP contribution in [-0.2, 0) is 4.79 Å². The first-order chi connectivity index (χ1) is 5.42. The van der Waals surface area contributed by atoms with Crippen LogP contribution < -0.4 is 0 Å². The molecule has 0 amide bonds. The quantitative estimate of drug-likeness (QED) is 0.758. The molecule has 2 nitrogen and oxygen atoms in total. The number of carboxylic acid groups (broad SMARTS) is 1. The second-order valence-corrected chi connectivity index (χ2v) is 4.26. The molecule has 1 rings (SSSR count). The molecule has 0 saturated heterocycles. The molecule has 1 aliphatic carbocycles. The van der Waals surface area contributed by atoms with E-state index in [1.165, 1.54) is 5.54 Å². The Morgan fingerprint density at radius 3 is 2.25 bits per heavy atom. The Balaban J connectivity index is 2.80. The molecule has 4 heteroatoms. The fourth-order valence-electron chi connectivity index (χ4n) is 1.68. The lowest BCUT2D eigenvalue weighted by Crippen LogP contribution is -2.03. The number of hydrogen-bond acceptors (Lipinski definition) is 1. The number of rotatable bonds is 2. The molecular formula is C8H10Cl2O2. The maximum absolute atomic E-state index is 10.7. The molecule has 1 saturated carbocycles. The van der Waals surface area contributed by atoms with Gasteiger partial charge in [-0.15, -0.1) is 0 Å². The zero-order valence-electron chi connectivity index (χ0n) is 6.84. The van der Waals surface area contributed by atoms with Gasteiger partial charge in [0.25, 0.3) is 0 Å². The van der Waals surface area contributed by atoms with Crippen molar-refractivity contribution >= 4 is 29.2 Å². The summed E-state index contributed by atoms with van der Waals surface area (Å²) in [5.74, 6) is -1.31. The average Bonchev–Trinajstić information content (AvgIpc) is 2.52. The van der Waals surface area contributed by atoms with E-state index in [4.69, 9.17) is 28.3 Å². The van der Waals surface area contributed by atoms with Gasteiger partial charge in [-0.1, -0.05) is 37.0 Å². The highest BCUT2D eigenvalue weighted by molar-refractivity contribution is 6.37. The molecule has 0 spiro atoms. The van der Waals surface area contributed by atoms with Gasteiger partial charge in [-0.05, 0) is 5.41 Å². The lowest BCUT2D eigenvalue weighted by atomic mass is 10.1. The molecule has 0 bridgehead atoms. The highest BCUT2D eigenvalue weighted by Gasteiger charge is 2.63. The van der Waals surface area contributed by atoms with Gasteiger partial charge >= 0.3 is 5.97 Å². The molecule has 0 aliphatic heterocycles. The Morgan fingerprint density at radius 1 is 1.50 bits per heavy atom. The van der Waals surface area contributed by atoms with Crippen LogP contribution in [0.15, 0.2) is 10.6 Å². The van der Waals surface area contributed by atoms with E-state index in [0.717, 1.165) is 0 Å². The van der Waals surface area contributed by atoms with Gasteiger partial charge in [0, 0.05) is 16.5 Å². The number of carbonyl (C=O) groups is 1. The fourth-order valence-corrected chi connectivity index (χ4v) is 2.22. The van der Waals surface area contributed by atoms with Gasteiger partial charge in [-0.2, -0.15) is 0 Å². The van der Waals surface area contributed by atoms with Gasteiger partial charge in [0.05, 0.1) is 5.92 Å². The second-order valence-electron chi connectivity index (χ2n) is 3.61. The van der Waals surface area contributed by atoms with E-state index in [2.05, 4.69) is 0 Å². The number of aliphatic carboxylic acids is 1. The fraction of sp³-hybridized carbons (Fsp3) is 0.625. The van der Waals surface area contributed by atoms with E-state index in [1.54, 1.807) is 0 Å². The zero-order chi connectivity index (χ0) is 9.52. The summed E-state index contributed by atoms with van der Waals surface area (Å²) in [7, 11) is 0. The van der Waals surface area contributed by atoms with Crippen molar-refractivity contribution in [1.82, 2.24) is 0 Å². The van der Waals surface area contributed by atoms with Crippen LogP contribution in [0.2, 0.25) is 0 Å². The van der Waals surface area contributed by atoms with Gasteiger partial charge in [0.2, 0.25) is 0 Å². The van der Waals surface area contributed by atoms with Gasteiger partial charge in [-0.25, -0.2) is 0 Å². The Kier molecular flexibility index (Phi) is 2.41. The predicted octanol–water partition coefficient (Wildman–Crippen LogP) is 2.66. The van der Waals surface area contributed by atoms with Gasteiger partial charge < -0.3 is 5.11 Å². The monoisotopic (exact) mass is 208 g/mol. The van der Waals surface area contributed by atoms with Gasteiger partial charge in [0.1, 0.15) is 0 Å². The lowest BCUT2D eigenvalue weighted by Gasteiger charge is -1.98. The molecule has 0 aromatic heterocycles. The van der Waals surface area contributed by atoms with Crippen LogP contribution in [0.3, 0.4) is 0 Å². The number of allylic oxidation sites excluding steroid dienone is 1. The van der Waals surface area contributed by atoms with Crippen LogP contribution in [-0.4, -0.2) is 11.1 Å². The highest BCUT2D eigenvalue weighted by atomic mass is 35.5. The molecule has 0 radical (unpaired) electrons. The van der Waals surface area contributed by atoms with Crippen molar-refractivity contribution in [1.29, 1.82) is 0 Å². The molecule has 1 aliphatic rings. The number of hydrogen-bond donors (Lipinski definition) is 1. The minimum absolute atomic E-state index is 0.117. The van der Waals surface area contributed by atoms with Crippen molar-refractivity contribution in [3.8, 4) is 0 Å². The molecule has 0 aromatic carbocycles. The molecule has 12 heavy (non-hydrogen) atoms. The van der Waals surface area contributed by atoms with Crippen molar-refractivity contribution in [3.05, 3.63) is 10.6 Å². The first-order valence-corrected chi connectivity index (χ1v) is 4.43. The molecule has 2 unspecified atom stereocenters. The largest absolute Gasteiger partial charge is 0.481 e. The highest BCUT2D eigenvalue weighted by Crippen LogP contribution is 2.62. The molecule has 0 aromatic rings. The Hall–Kier alpha value is -0.210. The third-order valence-corrected chi connectivity index (χ3v) is 3.19. The first-order valence-electron chi connectivity index (χ1n) is 3.61. The number of carboxylic acids is 1. The lowest BCUT2D eigenvalue weighted by molar-refractivity contribution is -0.139. The summed E-state index contributed by atoms with van der Waals surface area (Å²) in [5.41, 5.74) is 0.991. The number of halogens is 2. The van der Waals surface area contributed by atoms with Crippen molar-refractivity contribution < 1.29 is 9.90 Å². The summed E-state index contributed by atoms with van der Waals surface area (Å²) in [4.78, 5) is 10.7. The molecule has 1 fully saturated rings. The van der Waals surface area contributed by atoms with E-state index in [9.17, 15) is 4.79 Å². The minimum Gasteiger partial charge on any atom is -0.481 e. The zero-order valence-corrected chi connectivity index (χ0v) is 8.36. The summed E-state index contributed by atoms with van der Waals surface area (Å²) < 4.78 is 0. The Bertz CT molecular complexity index is 245. The van der Waals surface area contributed by atoms with Crippen molar-refractivity contribution in [2.24, 2.45) is 17.3 Å². The maximum atomic E-state index is 10.7. The minimum atomic E-state index is -0.804. The smallest absolute Gasteiger partial charge is 0.307 e. The van der Waals surface area contributed by atoms with Crippen LogP contribution in [0.4, 0.5) is 0 Å². The summed E-state index contributed by atoms with van der Waals surface area (Å²) in [6, 6.07) is 0. The standard InChI is InChI=1S/C8H10Cl2O2/c1-8(2)5(4(10)3-9)6(8)7(11)12/h3,5-6H,1-2H3,(H,11,12). The molecule has 0 heterocycles. The summed E-state index contributed by atoms with van der Waals surface area (Å²) in [6.07, 6.45) is 0. The summed E-state index contributed by atoms with van der Waals surface area (Å²) in [6.45, 7) is 3.75. The van der Waals surface area contributed by atoms with Crippen molar-refractivity contribution in [3.63, 3.8) is 0 Å². The summed E-state index contributed by atoms with van der Waals surface area (Å²) >= 11 is 11.1. The Labute approximate surface area is 81.2 Å². The van der Waals surface area contributed by atoms with E-state index in [1.807, 2.05) is 13.8 Å². The van der Waals surface area contributed by atoms with Crippen LogP contribution in [0.25, 0.3) is 0 Å². The molecule has 2 atom stereocenters. The molecule has 68 valence electrons. The molecular weight excluding hydrogens is 199 g/mol. The average molecular weight is 209 g/mol. The SMILES string of the molecule is CC1(C)C(C(=O)O)C1C(Cl)=CCl. The van der Waals surface area contributed by atoms with Crippen LogP contribution in [0.5, 0.6) is 0 Å². The normalized spacial score (nSPS) is 33.2. The van der Waals surface area contributed by atoms with E-state index in [-0.39, 0.29) is 17.3 Å². The van der Waals surface area contributed by atoms with Crippen LogP contribution >= 0.6 is 23.2 Å². The van der Waals surface area contributed by atoms with Crippen molar-refractivity contribution in [2.75, 3.05) is 0 Å². The third-order valence-electron chi connectivity index (χ3n) is 2.49.